The molecule has 6 heteroatoms. The molecule has 0 spiro atoms. The number of hydrogen-bond acceptors (Lipinski definition) is 3. The molecule has 0 bridgehead atoms. The maximum atomic E-state index is 12.9. The lowest BCUT2D eigenvalue weighted by molar-refractivity contribution is -0.129. The van der Waals surface area contributed by atoms with Crippen molar-refractivity contribution in [1.82, 2.24) is 10.2 Å². The van der Waals surface area contributed by atoms with Crippen LogP contribution in [0, 0.1) is 0 Å². The Labute approximate surface area is 148 Å². The third-order valence-corrected chi connectivity index (χ3v) is 4.39. The van der Waals surface area contributed by atoms with Crippen molar-refractivity contribution in [3.05, 3.63) is 34.4 Å². The summed E-state index contributed by atoms with van der Waals surface area (Å²) < 4.78 is 5.71. The van der Waals surface area contributed by atoms with Crippen LogP contribution in [0.15, 0.2) is 23.8 Å². The highest BCUT2D eigenvalue weighted by atomic mass is 35.5. The molecule has 2 aliphatic heterocycles. The van der Waals surface area contributed by atoms with E-state index in [2.05, 4.69) is 12.2 Å². The topological polar surface area (TPSA) is 41.6 Å². The van der Waals surface area contributed by atoms with Crippen LogP contribution in [0.1, 0.15) is 25.3 Å². The van der Waals surface area contributed by atoms with Crippen LogP contribution in [0.3, 0.4) is 0 Å². The van der Waals surface area contributed by atoms with Gasteiger partial charge in [-0.05, 0) is 43.7 Å². The Bertz CT molecular complexity index is 598. The van der Waals surface area contributed by atoms with Crippen molar-refractivity contribution < 1.29 is 9.53 Å². The van der Waals surface area contributed by atoms with Gasteiger partial charge in [0.15, 0.2) is 0 Å². The molecular weight excluding hydrogens is 335 g/mol. The van der Waals surface area contributed by atoms with Crippen LogP contribution in [0.5, 0.6) is 5.75 Å². The molecule has 0 radical (unpaired) electrons. The average molecular weight is 357 g/mol. The first-order valence-electron chi connectivity index (χ1n) is 7.83. The second kappa shape index (κ2) is 8.04. The first-order valence-corrected chi connectivity index (χ1v) is 8.21. The maximum absolute atomic E-state index is 12.9. The molecule has 23 heavy (non-hydrogen) atoms. The Morgan fingerprint density at radius 3 is 3.00 bits per heavy atom. The summed E-state index contributed by atoms with van der Waals surface area (Å²) in [7, 11) is 0. The third-order valence-electron chi connectivity index (χ3n) is 4.16. The number of carbonyl (C=O) groups is 1. The second-order valence-electron chi connectivity index (χ2n) is 5.79. The van der Waals surface area contributed by atoms with Crippen LogP contribution in [-0.4, -0.2) is 43.1 Å². The number of hydrogen-bond donors (Lipinski definition) is 1. The van der Waals surface area contributed by atoms with Gasteiger partial charge in [0.2, 0.25) is 0 Å². The highest BCUT2D eigenvalue weighted by Gasteiger charge is 2.29. The van der Waals surface area contributed by atoms with E-state index >= 15 is 0 Å². The third kappa shape index (κ3) is 4.00. The van der Waals surface area contributed by atoms with Gasteiger partial charge in [0.05, 0.1) is 5.57 Å². The van der Waals surface area contributed by atoms with Gasteiger partial charge in [-0.3, -0.25) is 4.79 Å². The van der Waals surface area contributed by atoms with Gasteiger partial charge in [0, 0.05) is 29.7 Å². The number of benzene rings is 1. The van der Waals surface area contributed by atoms with Crippen molar-refractivity contribution >= 4 is 36.0 Å². The monoisotopic (exact) mass is 356 g/mol. The van der Waals surface area contributed by atoms with Gasteiger partial charge in [-0.25, -0.2) is 0 Å². The van der Waals surface area contributed by atoms with E-state index in [1.807, 2.05) is 23.1 Å². The fourth-order valence-electron chi connectivity index (χ4n) is 3.05. The van der Waals surface area contributed by atoms with Gasteiger partial charge in [0.25, 0.3) is 5.91 Å². The number of halogens is 2. The molecule has 1 unspecified atom stereocenters. The summed E-state index contributed by atoms with van der Waals surface area (Å²) in [6.45, 7) is 5.07. The Morgan fingerprint density at radius 1 is 1.48 bits per heavy atom. The molecule has 1 fully saturated rings. The molecule has 126 valence electrons. The largest absolute Gasteiger partial charge is 0.488 e. The molecule has 1 N–H and O–H groups in total. The predicted molar refractivity (Wildman–Crippen MR) is 95.5 cm³/mol. The molecule has 1 saturated heterocycles. The Hall–Kier alpha value is -1.23. The molecule has 4 nitrogen and oxygen atoms in total. The normalized spacial score (nSPS) is 19.2. The van der Waals surface area contributed by atoms with E-state index in [9.17, 15) is 4.79 Å². The summed E-state index contributed by atoms with van der Waals surface area (Å²) in [5.41, 5.74) is 1.58. The number of fused-ring (bicyclic) bond motifs is 1. The van der Waals surface area contributed by atoms with Crippen molar-refractivity contribution in [3.8, 4) is 5.75 Å². The smallest absolute Gasteiger partial charge is 0.253 e. The molecular formula is C17H22Cl2N2O2. The summed E-state index contributed by atoms with van der Waals surface area (Å²) >= 11 is 6.03. The number of nitrogens with one attached hydrogen (secondary N) is 1. The SMILES string of the molecule is CCCN(C(=O)C1=Cc2cc(Cl)ccc2OC1)C1CCNC1.Cl. The molecule has 0 aliphatic carbocycles. The van der Waals surface area contributed by atoms with Gasteiger partial charge in [0.1, 0.15) is 12.4 Å². The second-order valence-corrected chi connectivity index (χ2v) is 6.22. The lowest BCUT2D eigenvalue weighted by Crippen LogP contribution is -2.43. The Morgan fingerprint density at radius 2 is 2.30 bits per heavy atom. The standard InChI is InChI=1S/C17H21ClN2O2.ClH/c1-2-7-20(15-5-6-19-10-15)17(21)13-8-12-9-14(18)3-4-16(12)22-11-13;/h3-4,8-9,15,19H,2,5-7,10-11H2,1H3;1H. The molecule has 2 heterocycles. The maximum Gasteiger partial charge on any atom is 0.253 e. The number of nitrogens with zero attached hydrogens (tertiary/aromatic N) is 1. The molecule has 1 amide bonds. The zero-order valence-electron chi connectivity index (χ0n) is 13.2. The first kappa shape index (κ1) is 18.1. The summed E-state index contributed by atoms with van der Waals surface area (Å²) in [5.74, 6) is 0.867. The predicted octanol–water partition coefficient (Wildman–Crippen LogP) is 3.14. The van der Waals surface area contributed by atoms with Crippen molar-refractivity contribution in [1.29, 1.82) is 0 Å². The van der Waals surface area contributed by atoms with Crippen LogP contribution < -0.4 is 10.1 Å². The van der Waals surface area contributed by atoms with E-state index in [0.29, 0.717) is 17.2 Å². The van der Waals surface area contributed by atoms with Crippen molar-refractivity contribution in [2.75, 3.05) is 26.2 Å². The van der Waals surface area contributed by atoms with E-state index in [4.69, 9.17) is 16.3 Å². The molecule has 1 aromatic carbocycles. The van der Waals surface area contributed by atoms with Gasteiger partial charge < -0.3 is 15.0 Å². The van der Waals surface area contributed by atoms with Crippen LogP contribution >= 0.6 is 24.0 Å². The highest BCUT2D eigenvalue weighted by molar-refractivity contribution is 6.30. The number of ether oxygens (including phenoxy) is 1. The van der Waals surface area contributed by atoms with Crippen LogP contribution in [0.2, 0.25) is 5.02 Å². The van der Waals surface area contributed by atoms with Gasteiger partial charge in [-0.1, -0.05) is 18.5 Å². The van der Waals surface area contributed by atoms with E-state index in [0.717, 1.165) is 43.8 Å². The van der Waals surface area contributed by atoms with E-state index in [1.165, 1.54) is 0 Å². The minimum absolute atomic E-state index is 0. The number of amides is 1. The van der Waals surface area contributed by atoms with Crippen molar-refractivity contribution in [2.24, 2.45) is 0 Å². The number of carbonyl (C=O) groups excluding carboxylic acids is 1. The molecule has 0 aromatic heterocycles. The lowest BCUT2D eigenvalue weighted by Gasteiger charge is -2.30. The summed E-state index contributed by atoms with van der Waals surface area (Å²) in [6.07, 6.45) is 3.89. The van der Waals surface area contributed by atoms with Crippen LogP contribution in [-0.2, 0) is 4.79 Å². The Balaban J connectivity index is 0.00000192. The van der Waals surface area contributed by atoms with Crippen LogP contribution in [0.4, 0.5) is 0 Å². The van der Waals surface area contributed by atoms with Crippen LogP contribution in [0.25, 0.3) is 6.08 Å². The molecule has 2 aliphatic rings. The quantitative estimate of drug-likeness (QED) is 0.900. The lowest BCUT2D eigenvalue weighted by atomic mass is 10.1. The zero-order chi connectivity index (χ0) is 15.5. The molecule has 1 atom stereocenters. The van der Waals surface area contributed by atoms with Gasteiger partial charge in [-0.15, -0.1) is 12.4 Å². The van der Waals surface area contributed by atoms with Gasteiger partial charge >= 0.3 is 0 Å². The van der Waals surface area contributed by atoms with Crippen molar-refractivity contribution in [2.45, 2.75) is 25.8 Å². The summed E-state index contributed by atoms with van der Waals surface area (Å²) in [4.78, 5) is 14.9. The van der Waals surface area contributed by atoms with E-state index < -0.39 is 0 Å². The Kier molecular flexibility index (Phi) is 6.33. The van der Waals surface area contributed by atoms with E-state index in [-0.39, 0.29) is 24.4 Å². The zero-order valence-corrected chi connectivity index (χ0v) is 14.8. The minimum Gasteiger partial charge on any atom is -0.488 e. The fraction of sp³-hybridized carbons (Fsp3) is 0.471. The minimum atomic E-state index is 0. The van der Waals surface area contributed by atoms with Gasteiger partial charge in [-0.2, -0.15) is 0 Å². The van der Waals surface area contributed by atoms with E-state index in [1.54, 1.807) is 6.07 Å². The van der Waals surface area contributed by atoms with Crippen molar-refractivity contribution in [3.63, 3.8) is 0 Å². The summed E-state index contributed by atoms with van der Waals surface area (Å²) in [5, 5.41) is 3.98. The molecule has 1 aromatic rings. The first-order chi connectivity index (χ1) is 10.7. The highest BCUT2D eigenvalue weighted by Crippen LogP contribution is 2.30. The molecule has 3 rings (SSSR count). The average Bonchev–Trinajstić information content (AvgIpc) is 3.05. The molecule has 0 saturated carbocycles. The summed E-state index contributed by atoms with van der Waals surface area (Å²) in [6, 6.07) is 5.77. The fourth-order valence-corrected chi connectivity index (χ4v) is 3.23. The number of rotatable bonds is 4.